The molecule has 0 radical (unpaired) electrons. The van der Waals surface area contributed by atoms with Crippen LogP contribution in [0.2, 0.25) is 0 Å². The van der Waals surface area contributed by atoms with E-state index in [9.17, 15) is 0 Å². The summed E-state index contributed by atoms with van der Waals surface area (Å²) in [5.41, 5.74) is 4.49. The molecule has 106 valence electrons. The maximum atomic E-state index is 4.38. The number of aryl methyl sites for hydroxylation is 1. The molecule has 0 aliphatic rings. The summed E-state index contributed by atoms with van der Waals surface area (Å²) in [6, 6.07) is 12.4. The van der Waals surface area contributed by atoms with Gasteiger partial charge in [0.05, 0.1) is 18.8 Å². The van der Waals surface area contributed by atoms with Crippen LogP contribution >= 0.6 is 0 Å². The lowest BCUT2D eigenvalue weighted by atomic mass is 10.2. The average Bonchev–Trinajstić information content (AvgIpc) is 3.01. The maximum Gasteiger partial charge on any atom is 0.137 e. The van der Waals surface area contributed by atoms with E-state index < -0.39 is 0 Å². The SMILES string of the molecule is Cc1ccc(CNc2ccc(Cn3cncn3)cc2)nc1. The third kappa shape index (κ3) is 3.66. The maximum absolute atomic E-state index is 4.38. The molecule has 0 atom stereocenters. The lowest BCUT2D eigenvalue weighted by Crippen LogP contribution is -2.03. The molecule has 5 nitrogen and oxygen atoms in total. The third-order valence-corrected chi connectivity index (χ3v) is 3.21. The Morgan fingerprint density at radius 3 is 2.62 bits per heavy atom. The van der Waals surface area contributed by atoms with Gasteiger partial charge in [0.25, 0.3) is 0 Å². The Kier molecular flexibility index (Phi) is 3.91. The Morgan fingerprint density at radius 1 is 1.10 bits per heavy atom. The molecule has 2 aromatic heterocycles. The minimum absolute atomic E-state index is 0.725. The summed E-state index contributed by atoms with van der Waals surface area (Å²) in [5, 5.41) is 7.47. The Bertz CT molecular complexity index is 672. The van der Waals surface area contributed by atoms with E-state index >= 15 is 0 Å². The number of hydrogen-bond donors (Lipinski definition) is 1. The summed E-state index contributed by atoms with van der Waals surface area (Å²) in [7, 11) is 0. The van der Waals surface area contributed by atoms with Crippen LogP contribution in [0.4, 0.5) is 5.69 Å². The Balaban J connectivity index is 1.58. The van der Waals surface area contributed by atoms with E-state index in [0.29, 0.717) is 0 Å². The number of anilines is 1. The van der Waals surface area contributed by atoms with E-state index in [2.05, 4.69) is 50.7 Å². The van der Waals surface area contributed by atoms with Gasteiger partial charge in [-0.05, 0) is 36.2 Å². The van der Waals surface area contributed by atoms with E-state index in [0.717, 1.165) is 24.5 Å². The molecule has 0 saturated carbocycles. The topological polar surface area (TPSA) is 55.6 Å². The number of aromatic nitrogens is 4. The zero-order chi connectivity index (χ0) is 14.5. The summed E-state index contributed by atoms with van der Waals surface area (Å²) in [5.74, 6) is 0. The summed E-state index contributed by atoms with van der Waals surface area (Å²) >= 11 is 0. The molecule has 21 heavy (non-hydrogen) atoms. The summed E-state index contributed by atoms with van der Waals surface area (Å²) < 4.78 is 1.80. The normalized spacial score (nSPS) is 10.5. The highest BCUT2D eigenvalue weighted by Gasteiger charge is 1.98. The van der Waals surface area contributed by atoms with E-state index in [-0.39, 0.29) is 0 Å². The number of rotatable bonds is 5. The molecule has 0 amide bonds. The van der Waals surface area contributed by atoms with Gasteiger partial charge in [-0.3, -0.25) is 4.98 Å². The van der Waals surface area contributed by atoms with Crippen molar-refractivity contribution in [1.29, 1.82) is 0 Å². The van der Waals surface area contributed by atoms with Gasteiger partial charge >= 0.3 is 0 Å². The van der Waals surface area contributed by atoms with Gasteiger partial charge in [-0.1, -0.05) is 18.2 Å². The molecule has 2 heterocycles. The lowest BCUT2D eigenvalue weighted by Gasteiger charge is -2.07. The van der Waals surface area contributed by atoms with Gasteiger partial charge in [0.2, 0.25) is 0 Å². The van der Waals surface area contributed by atoms with Crippen molar-refractivity contribution in [2.45, 2.75) is 20.0 Å². The fraction of sp³-hybridized carbons (Fsp3) is 0.188. The van der Waals surface area contributed by atoms with Crippen molar-refractivity contribution in [2.75, 3.05) is 5.32 Å². The molecule has 0 saturated heterocycles. The molecule has 0 aliphatic carbocycles. The summed E-state index contributed by atoms with van der Waals surface area (Å²) in [4.78, 5) is 8.32. The minimum Gasteiger partial charge on any atom is -0.379 e. The predicted molar refractivity (Wildman–Crippen MR) is 81.9 cm³/mol. The monoisotopic (exact) mass is 279 g/mol. The molecule has 3 aromatic rings. The second-order valence-electron chi connectivity index (χ2n) is 4.97. The van der Waals surface area contributed by atoms with Crippen LogP contribution in [0.5, 0.6) is 0 Å². The van der Waals surface area contributed by atoms with Crippen molar-refractivity contribution in [3.63, 3.8) is 0 Å². The molecule has 3 rings (SSSR count). The quantitative estimate of drug-likeness (QED) is 0.780. The average molecular weight is 279 g/mol. The van der Waals surface area contributed by atoms with Crippen LogP contribution in [0.25, 0.3) is 0 Å². The van der Waals surface area contributed by atoms with Gasteiger partial charge < -0.3 is 5.32 Å². The van der Waals surface area contributed by atoms with E-state index in [1.807, 2.05) is 19.2 Å². The zero-order valence-corrected chi connectivity index (χ0v) is 11.9. The molecule has 5 heteroatoms. The van der Waals surface area contributed by atoms with Crippen LogP contribution in [0.1, 0.15) is 16.8 Å². The largest absolute Gasteiger partial charge is 0.379 e. The number of hydrogen-bond acceptors (Lipinski definition) is 4. The van der Waals surface area contributed by atoms with Crippen LogP contribution < -0.4 is 5.32 Å². The van der Waals surface area contributed by atoms with Crippen LogP contribution in [0.3, 0.4) is 0 Å². The van der Waals surface area contributed by atoms with Gasteiger partial charge in [-0.15, -0.1) is 0 Å². The first-order valence-corrected chi connectivity index (χ1v) is 6.86. The molecule has 0 bridgehead atoms. The minimum atomic E-state index is 0.725. The fourth-order valence-corrected chi connectivity index (χ4v) is 2.03. The number of nitrogens with one attached hydrogen (secondary N) is 1. The van der Waals surface area contributed by atoms with Crippen molar-refractivity contribution in [1.82, 2.24) is 19.7 Å². The molecular weight excluding hydrogens is 262 g/mol. The van der Waals surface area contributed by atoms with E-state index in [1.54, 1.807) is 17.3 Å². The first-order chi connectivity index (χ1) is 10.3. The van der Waals surface area contributed by atoms with Crippen LogP contribution in [-0.2, 0) is 13.1 Å². The Labute approximate surface area is 123 Å². The van der Waals surface area contributed by atoms with Gasteiger partial charge in [-0.2, -0.15) is 5.10 Å². The first-order valence-electron chi connectivity index (χ1n) is 6.86. The summed E-state index contributed by atoms with van der Waals surface area (Å²) in [6.07, 6.45) is 5.15. The Hall–Kier alpha value is -2.69. The number of nitrogens with zero attached hydrogens (tertiary/aromatic N) is 4. The van der Waals surface area contributed by atoms with Crippen molar-refractivity contribution < 1.29 is 0 Å². The zero-order valence-electron chi connectivity index (χ0n) is 11.9. The molecule has 0 unspecified atom stereocenters. The van der Waals surface area contributed by atoms with Gasteiger partial charge in [0, 0.05) is 11.9 Å². The highest BCUT2D eigenvalue weighted by molar-refractivity contribution is 5.44. The van der Waals surface area contributed by atoms with Crippen LogP contribution in [-0.4, -0.2) is 19.7 Å². The van der Waals surface area contributed by atoms with Gasteiger partial charge in [0.1, 0.15) is 12.7 Å². The van der Waals surface area contributed by atoms with Gasteiger partial charge in [0.15, 0.2) is 0 Å². The molecular formula is C16H17N5. The van der Waals surface area contributed by atoms with Crippen molar-refractivity contribution in [3.8, 4) is 0 Å². The van der Waals surface area contributed by atoms with Crippen molar-refractivity contribution >= 4 is 5.69 Å². The Morgan fingerprint density at radius 2 is 1.95 bits per heavy atom. The third-order valence-electron chi connectivity index (χ3n) is 3.21. The smallest absolute Gasteiger partial charge is 0.137 e. The molecule has 1 N–H and O–H groups in total. The number of pyridine rings is 1. The van der Waals surface area contributed by atoms with E-state index in [4.69, 9.17) is 0 Å². The second-order valence-corrected chi connectivity index (χ2v) is 4.97. The lowest BCUT2D eigenvalue weighted by molar-refractivity contribution is 0.685. The van der Waals surface area contributed by atoms with Crippen molar-refractivity contribution in [3.05, 3.63) is 72.1 Å². The van der Waals surface area contributed by atoms with E-state index in [1.165, 1.54) is 11.1 Å². The van der Waals surface area contributed by atoms with Crippen molar-refractivity contribution in [2.24, 2.45) is 0 Å². The highest BCUT2D eigenvalue weighted by atomic mass is 15.3. The fourth-order valence-electron chi connectivity index (χ4n) is 2.03. The highest BCUT2D eigenvalue weighted by Crippen LogP contribution is 2.11. The molecule has 0 aliphatic heterocycles. The predicted octanol–water partition coefficient (Wildman–Crippen LogP) is 2.64. The second kappa shape index (κ2) is 6.17. The van der Waals surface area contributed by atoms with Gasteiger partial charge in [-0.25, -0.2) is 9.67 Å². The summed E-state index contributed by atoms with van der Waals surface area (Å²) in [6.45, 7) is 3.50. The van der Waals surface area contributed by atoms with Crippen LogP contribution in [0, 0.1) is 6.92 Å². The van der Waals surface area contributed by atoms with Crippen LogP contribution in [0.15, 0.2) is 55.2 Å². The molecule has 0 fully saturated rings. The molecule has 0 spiro atoms. The first kappa shape index (κ1) is 13.3. The number of benzene rings is 1. The molecule has 1 aromatic carbocycles. The standard InChI is InChI=1S/C16H17N5/c1-13-2-5-16(18-8-13)9-19-15-6-3-14(4-7-15)10-21-12-17-11-20-21/h2-8,11-12,19H,9-10H2,1H3.